The Hall–Kier alpha value is -6.40. The number of amides is 1. The van der Waals surface area contributed by atoms with E-state index in [9.17, 15) is 24.0 Å². The molecule has 1 amide bonds. The molecule has 0 aliphatic carbocycles. The first-order valence-corrected chi connectivity index (χ1v) is 15.6. The highest BCUT2D eigenvalue weighted by molar-refractivity contribution is 6.03. The number of carbonyl (C=O) groups excluding carboxylic acids is 4. The van der Waals surface area contributed by atoms with Crippen LogP contribution in [0.25, 0.3) is 0 Å². The minimum Gasteiger partial charge on any atom is -0.459 e. The van der Waals surface area contributed by atoms with E-state index < -0.39 is 60.1 Å². The Balaban J connectivity index is 1.36. The molecular formula is C38H31N3O9. The molecular weight excluding hydrogens is 642 g/mol. The topological polar surface area (TPSA) is 152 Å². The molecule has 6 rings (SSSR count). The summed E-state index contributed by atoms with van der Waals surface area (Å²) in [6.07, 6.45) is -2.96. The molecule has 1 fully saturated rings. The number of ether oxygens (including phenoxy) is 4. The molecule has 1 aliphatic rings. The average molecular weight is 674 g/mol. The normalized spacial score (nSPS) is 19.6. The quantitative estimate of drug-likeness (QED) is 0.157. The lowest BCUT2D eigenvalue weighted by Gasteiger charge is -2.30. The SMILES string of the molecule is C[C@]1(COC(=O)c2ccccc2)O[C@@H](n2ccc(NC(=O)c3ccccc3)nc2=O)[C@@H](OC(=O)c2ccccc2)C1OC(=O)c1ccccc1. The van der Waals surface area contributed by atoms with E-state index in [1.807, 2.05) is 0 Å². The summed E-state index contributed by atoms with van der Waals surface area (Å²) >= 11 is 0. The summed E-state index contributed by atoms with van der Waals surface area (Å²) in [6.45, 7) is 1.06. The van der Waals surface area contributed by atoms with E-state index in [4.69, 9.17) is 18.9 Å². The van der Waals surface area contributed by atoms with Gasteiger partial charge in [0.25, 0.3) is 5.91 Å². The van der Waals surface area contributed by atoms with Crippen molar-refractivity contribution >= 4 is 29.6 Å². The molecule has 1 aliphatic heterocycles. The second-order valence-corrected chi connectivity index (χ2v) is 11.5. The monoisotopic (exact) mass is 673 g/mol. The Morgan fingerprint density at radius 3 is 1.70 bits per heavy atom. The highest BCUT2D eigenvalue weighted by atomic mass is 16.7. The molecule has 5 aromatic rings. The van der Waals surface area contributed by atoms with E-state index >= 15 is 0 Å². The van der Waals surface area contributed by atoms with E-state index in [0.717, 1.165) is 4.57 Å². The summed E-state index contributed by atoms with van der Waals surface area (Å²) in [6, 6.07) is 34.2. The van der Waals surface area contributed by atoms with Crippen LogP contribution in [0.4, 0.5) is 5.82 Å². The fraction of sp³-hybridized carbons (Fsp3) is 0.158. The van der Waals surface area contributed by atoms with E-state index in [-0.39, 0.29) is 22.5 Å². The number of benzene rings is 4. The largest absolute Gasteiger partial charge is 0.459 e. The zero-order valence-electron chi connectivity index (χ0n) is 26.7. The molecule has 1 N–H and O–H groups in total. The minimum absolute atomic E-state index is 0.0393. The van der Waals surface area contributed by atoms with Gasteiger partial charge in [-0.25, -0.2) is 19.2 Å². The summed E-state index contributed by atoms with van der Waals surface area (Å²) in [7, 11) is 0. The summed E-state index contributed by atoms with van der Waals surface area (Å²) in [5.74, 6) is -2.76. The van der Waals surface area contributed by atoms with Crippen LogP contribution in [0, 0.1) is 0 Å². The first kappa shape index (κ1) is 33.5. The second kappa shape index (κ2) is 14.8. The lowest BCUT2D eigenvalue weighted by molar-refractivity contribution is -0.122. The number of hydrogen-bond acceptors (Lipinski definition) is 10. The summed E-state index contributed by atoms with van der Waals surface area (Å²) in [4.78, 5) is 70.2. The fourth-order valence-corrected chi connectivity index (χ4v) is 5.39. The van der Waals surface area contributed by atoms with Crippen LogP contribution in [0.15, 0.2) is 138 Å². The lowest BCUT2D eigenvalue weighted by Crippen LogP contribution is -2.48. The van der Waals surface area contributed by atoms with Crippen molar-refractivity contribution in [1.29, 1.82) is 0 Å². The molecule has 4 atom stereocenters. The van der Waals surface area contributed by atoms with E-state index in [2.05, 4.69) is 10.3 Å². The Bertz CT molecular complexity index is 2040. The predicted octanol–water partition coefficient (Wildman–Crippen LogP) is 5.09. The van der Waals surface area contributed by atoms with Crippen molar-refractivity contribution in [3.63, 3.8) is 0 Å². The number of anilines is 1. The van der Waals surface area contributed by atoms with Gasteiger partial charge in [-0.3, -0.25) is 9.36 Å². The molecule has 50 heavy (non-hydrogen) atoms. The third-order valence-corrected chi connectivity index (χ3v) is 7.95. The van der Waals surface area contributed by atoms with Gasteiger partial charge in [0.2, 0.25) is 0 Å². The molecule has 0 radical (unpaired) electrons. The van der Waals surface area contributed by atoms with Crippen LogP contribution in [-0.2, 0) is 18.9 Å². The van der Waals surface area contributed by atoms with Crippen molar-refractivity contribution in [1.82, 2.24) is 9.55 Å². The maximum atomic E-state index is 13.5. The van der Waals surface area contributed by atoms with Crippen molar-refractivity contribution in [2.24, 2.45) is 0 Å². The summed E-state index contributed by atoms with van der Waals surface area (Å²) in [5, 5.41) is 2.58. The molecule has 0 spiro atoms. The lowest BCUT2D eigenvalue weighted by atomic mass is 9.97. The van der Waals surface area contributed by atoms with Crippen LogP contribution in [0.3, 0.4) is 0 Å². The molecule has 12 nitrogen and oxygen atoms in total. The van der Waals surface area contributed by atoms with Crippen molar-refractivity contribution in [2.75, 3.05) is 11.9 Å². The van der Waals surface area contributed by atoms with Crippen LogP contribution >= 0.6 is 0 Å². The van der Waals surface area contributed by atoms with Crippen LogP contribution in [0.5, 0.6) is 0 Å². The van der Waals surface area contributed by atoms with Gasteiger partial charge in [-0.2, -0.15) is 4.98 Å². The first-order chi connectivity index (χ1) is 24.2. The number of nitrogens with zero attached hydrogens (tertiary/aromatic N) is 2. The van der Waals surface area contributed by atoms with Gasteiger partial charge < -0.3 is 24.3 Å². The number of aromatic nitrogens is 2. The van der Waals surface area contributed by atoms with Crippen LogP contribution in [0.2, 0.25) is 0 Å². The summed E-state index contributed by atoms with van der Waals surface area (Å²) in [5.41, 5.74) is -1.52. The van der Waals surface area contributed by atoms with Gasteiger partial charge in [0, 0.05) is 11.8 Å². The third kappa shape index (κ3) is 7.50. The number of carbonyl (C=O) groups is 4. The molecule has 1 saturated heterocycles. The fourth-order valence-electron chi connectivity index (χ4n) is 5.39. The van der Waals surface area contributed by atoms with Crippen molar-refractivity contribution < 1.29 is 38.1 Å². The maximum Gasteiger partial charge on any atom is 0.351 e. The number of hydrogen-bond donors (Lipinski definition) is 1. The predicted molar refractivity (Wildman–Crippen MR) is 179 cm³/mol. The summed E-state index contributed by atoms with van der Waals surface area (Å²) < 4.78 is 25.1. The van der Waals surface area contributed by atoms with Crippen LogP contribution in [0.1, 0.15) is 54.6 Å². The smallest absolute Gasteiger partial charge is 0.351 e. The average Bonchev–Trinajstić information content (AvgIpc) is 3.41. The molecule has 252 valence electrons. The molecule has 2 heterocycles. The Morgan fingerprint density at radius 1 is 0.700 bits per heavy atom. The zero-order chi connectivity index (χ0) is 35.1. The van der Waals surface area contributed by atoms with Gasteiger partial charge >= 0.3 is 23.6 Å². The van der Waals surface area contributed by atoms with Gasteiger partial charge in [0.1, 0.15) is 18.0 Å². The zero-order valence-corrected chi connectivity index (χ0v) is 26.7. The third-order valence-electron chi connectivity index (χ3n) is 7.95. The number of rotatable bonds is 10. The number of esters is 3. The van der Waals surface area contributed by atoms with Gasteiger partial charge in [-0.1, -0.05) is 72.8 Å². The van der Waals surface area contributed by atoms with E-state index in [1.165, 1.54) is 31.3 Å². The standard InChI is InChI=1S/C38H31N3O9/c1-38(24-47-34(43)26-16-8-3-9-17-26)31(49-36(45)28-20-12-5-13-21-28)30(48-35(44)27-18-10-4-11-19-27)33(50-38)41-23-22-29(40-37(41)46)39-32(42)25-14-6-2-7-15-25/h2-23,30-31,33H,24H2,1H3,(H,39,40,42,46)/t30-,31?,33+,38+/m0/s1. The van der Waals surface area contributed by atoms with Gasteiger partial charge in [-0.05, 0) is 61.5 Å². The van der Waals surface area contributed by atoms with Gasteiger partial charge in [0.05, 0.1) is 16.7 Å². The second-order valence-electron chi connectivity index (χ2n) is 11.5. The van der Waals surface area contributed by atoms with Crippen molar-refractivity contribution in [2.45, 2.75) is 31.0 Å². The van der Waals surface area contributed by atoms with E-state index in [0.29, 0.717) is 5.56 Å². The minimum atomic E-state index is -1.65. The highest BCUT2D eigenvalue weighted by Gasteiger charge is 2.59. The van der Waals surface area contributed by atoms with Crippen LogP contribution in [-0.4, -0.2) is 57.8 Å². The first-order valence-electron chi connectivity index (χ1n) is 15.6. The molecule has 1 unspecified atom stereocenters. The highest BCUT2D eigenvalue weighted by Crippen LogP contribution is 2.41. The van der Waals surface area contributed by atoms with Gasteiger partial charge in [0.15, 0.2) is 18.4 Å². The van der Waals surface area contributed by atoms with Crippen molar-refractivity contribution in [3.05, 3.63) is 166 Å². The Labute approximate surface area is 286 Å². The molecule has 12 heteroatoms. The Morgan fingerprint density at radius 2 is 1.18 bits per heavy atom. The van der Waals surface area contributed by atoms with Crippen molar-refractivity contribution in [3.8, 4) is 0 Å². The maximum absolute atomic E-state index is 13.5. The molecule has 1 aromatic heterocycles. The Kier molecular flexibility index (Phi) is 9.91. The molecule has 0 bridgehead atoms. The molecule has 0 saturated carbocycles. The molecule has 4 aromatic carbocycles. The van der Waals surface area contributed by atoms with Gasteiger partial charge in [-0.15, -0.1) is 0 Å². The van der Waals surface area contributed by atoms with Crippen LogP contribution < -0.4 is 11.0 Å². The number of nitrogens with one attached hydrogen (secondary N) is 1. The van der Waals surface area contributed by atoms with E-state index in [1.54, 1.807) is 109 Å².